The molecule has 1 aliphatic rings. The Balaban J connectivity index is 2.07. The van der Waals surface area contributed by atoms with E-state index in [9.17, 15) is 4.79 Å². The number of hydrogen-bond acceptors (Lipinski definition) is 2. The molecule has 0 aliphatic carbocycles. The van der Waals surface area contributed by atoms with Crippen LogP contribution < -0.4 is 10.6 Å². The van der Waals surface area contributed by atoms with Gasteiger partial charge in [-0.15, -0.1) is 0 Å². The molecule has 10 heavy (non-hydrogen) atoms. The summed E-state index contributed by atoms with van der Waals surface area (Å²) in [5.41, 5.74) is 0. The van der Waals surface area contributed by atoms with Crippen molar-refractivity contribution in [1.29, 1.82) is 0 Å². The lowest BCUT2D eigenvalue weighted by atomic mass is 10.1. The third kappa shape index (κ3) is 2.35. The van der Waals surface area contributed by atoms with E-state index in [0.29, 0.717) is 5.92 Å². The fourth-order valence-electron chi connectivity index (χ4n) is 1.18. The standard InChI is InChI=1S/C7H14N2O/c1-6(10)9-5-7-2-3-8-4-7/h7-8H,2-5H2,1H3,(H,9,10)/t7-/m0/s1. The van der Waals surface area contributed by atoms with E-state index >= 15 is 0 Å². The molecule has 2 N–H and O–H groups in total. The predicted octanol–water partition coefficient (Wildman–Crippen LogP) is -0.268. The molecule has 1 heterocycles. The van der Waals surface area contributed by atoms with Crippen molar-refractivity contribution in [2.75, 3.05) is 19.6 Å². The molecular formula is C7H14N2O. The molecule has 0 aromatic rings. The Morgan fingerprint density at radius 1 is 1.80 bits per heavy atom. The molecule has 58 valence electrons. The first kappa shape index (κ1) is 7.54. The summed E-state index contributed by atoms with van der Waals surface area (Å²) in [4.78, 5) is 10.5. The summed E-state index contributed by atoms with van der Waals surface area (Å²) < 4.78 is 0. The maximum absolute atomic E-state index is 10.5. The van der Waals surface area contributed by atoms with Crippen LogP contribution in [0.1, 0.15) is 13.3 Å². The lowest BCUT2D eigenvalue weighted by molar-refractivity contribution is -0.119. The van der Waals surface area contributed by atoms with Gasteiger partial charge in [-0.1, -0.05) is 0 Å². The topological polar surface area (TPSA) is 41.1 Å². The van der Waals surface area contributed by atoms with E-state index in [-0.39, 0.29) is 5.91 Å². The van der Waals surface area contributed by atoms with Crippen molar-refractivity contribution in [3.8, 4) is 0 Å². The first-order chi connectivity index (χ1) is 4.79. The molecule has 0 unspecified atom stereocenters. The summed E-state index contributed by atoms with van der Waals surface area (Å²) in [6.45, 7) is 4.55. The first-order valence-electron chi connectivity index (χ1n) is 3.74. The lowest BCUT2D eigenvalue weighted by Gasteiger charge is -2.06. The van der Waals surface area contributed by atoms with Crippen LogP contribution in [0.4, 0.5) is 0 Å². The van der Waals surface area contributed by atoms with Gasteiger partial charge in [0.2, 0.25) is 5.91 Å². The number of amides is 1. The maximum Gasteiger partial charge on any atom is 0.216 e. The van der Waals surface area contributed by atoms with Gasteiger partial charge in [0.1, 0.15) is 0 Å². The van der Waals surface area contributed by atoms with Crippen LogP contribution in [0.3, 0.4) is 0 Å². The number of carbonyl (C=O) groups excluding carboxylic acids is 1. The second kappa shape index (κ2) is 3.56. The molecule has 0 bridgehead atoms. The fraction of sp³-hybridized carbons (Fsp3) is 0.857. The Labute approximate surface area is 61.2 Å². The Morgan fingerprint density at radius 2 is 2.60 bits per heavy atom. The van der Waals surface area contributed by atoms with E-state index in [0.717, 1.165) is 19.6 Å². The van der Waals surface area contributed by atoms with Gasteiger partial charge in [0, 0.05) is 13.5 Å². The molecule has 0 spiro atoms. The molecule has 1 fully saturated rings. The highest BCUT2D eigenvalue weighted by atomic mass is 16.1. The van der Waals surface area contributed by atoms with Crippen LogP contribution in [0.2, 0.25) is 0 Å². The Bertz CT molecular complexity index is 119. The second-order valence-electron chi connectivity index (χ2n) is 2.80. The average molecular weight is 142 g/mol. The van der Waals surface area contributed by atoms with Crippen molar-refractivity contribution in [3.63, 3.8) is 0 Å². The molecule has 0 radical (unpaired) electrons. The Morgan fingerprint density at radius 3 is 3.10 bits per heavy atom. The van der Waals surface area contributed by atoms with E-state index in [4.69, 9.17) is 0 Å². The molecule has 0 aromatic carbocycles. The van der Waals surface area contributed by atoms with Crippen molar-refractivity contribution in [2.24, 2.45) is 5.92 Å². The van der Waals surface area contributed by atoms with Gasteiger partial charge in [-0.25, -0.2) is 0 Å². The first-order valence-corrected chi connectivity index (χ1v) is 3.74. The minimum atomic E-state index is 0.0758. The zero-order chi connectivity index (χ0) is 7.40. The van der Waals surface area contributed by atoms with Crippen LogP contribution in [0.5, 0.6) is 0 Å². The largest absolute Gasteiger partial charge is 0.356 e. The third-order valence-electron chi connectivity index (χ3n) is 1.80. The van der Waals surface area contributed by atoms with E-state index in [2.05, 4.69) is 10.6 Å². The van der Waals surface area contributed by atoms with Crippen LogP contribution in [-0.4, -0.2) is 25.5 Å². The summed E-state index contributed by atoms with van der Waals surface area (Å²) in [5, 5.41) is 6.05. The smallest absolute Gasteiger partial charge is 0.216 e. The molecule has 1 amide bonds. The minimum absolute atomic E-state index is 0.0758. The lowest BCUT2D eigenvalue weighted by Crippen LogP contribution is -2.27. The van der Waals surface area contributed by atoms with Crippen molar-refractivity contribution < 1.29 is 4.79 Å². The van der Waals surface area contributed by atoms with E-state index in [1.54, 1.807) is 6.92 Å². The summed E-state index contributed by atoms with van der Waals surface area (Å²) in [6.07, 6.45) is 1.19. The van der Waals surface area contributed by atoms with Gasteiger partial charge in [0.15, 0.2) is 0 Å². The number of carbonyl (C=O) groups is 1. The summed E-state index contributed by atoms with van der Waals surface area (Å²) >= 11 is 0. The van der Waals surface area contributed by atoms with Crippen LogP contribution >= 0.6 is 0 Å². The van der Waals surface area contributed by atoms with E-state index in [1.807, 2.05) is 0 Å². The molecule has 3 heteroatoms. The normalized spacial score (nSPS) is 24.7. The molecule has 1 aliphatic heterocycles. The molecular weight excluding hydrogens is 128 g/mol. The van der Waals surface area contributed by atoms with Crippen LogP contribution in [0.15, 0.2) is 0 Å². The van der Waals surface area contributed by atoms with Crippen LogP contribution in [-0.2, 0) is 4.79 Å². The fourth-order valence-corrected chi connectivity index (χ4v) is 1.18. The SMILES string of the molecule is CC(=O)NC[C@H]1CCNC1. The molecule has 1 atom stereocenters. The molecule has 0 saturated carbocycles. The van der Waals surface area contributed by atoms with Gasteiger partial charge in [0.25, 0.3) is 0 Å². The predicted molar refractivity (Wildman–Crippen MR) is 39.7 cm³/mol. The summed E-state index contributed by atoms with van der Waals surface area (Å²) in [7, 11) is 0. The number of rotatable bonds is 2. The number of hydrogen-bond donors (Lipinski definition) is 2. The second-order valence-corrected chi connectivity index (χ2v) is 2.80. The minimum Gasteiger partial charge on any atom is -0.356 e. The van der Waals surface area contributed by atoms with Gasteiger partial charge in [-0.3, -0.25) is 4.79 Å². The van der Waals surface area contributed by atoms with Gasteiger partial charge in [0.05, 0.1) is 0 Å². The third-order valence-corrected chi connectivity index (χ3v) is 1.80. The van der Waals surface area contributed by atoms with Crippen LogP contribution in [0, 0.1) is 5.92 Å². The average Bonchev–Trinajstić information content (AvgIpc) is 2.34. The zero-order valence-corrected chi connectivity index (χ0v) is 6.31. The Hall–Kier alpha value is -0.570. The monoisotopic (exact) mass is 142 g/mol. The molecule has 1 saturated heterocycles. The Kier molecular flexibility index (Phi) is 2.68. The van der Waals surface area contributed by atoms with E-state index < -0.39 is 0 Å². The van der Waals surface area contributed by atoms with Gasteiger partial charge in [-0.05, 0) is 25.4 Å². The van der Waals surface area contributed by atoms with Crippen molar-refractivity contribution >= 4 is 5.91 Å². The maximum atomic E-state index is 10.5. The van der Waals surface area contributed by atoms with Crippen LogP contribution in [0.25, 0.3) is 0 Å². The zero-order valence-electron chi connectivity index (χ0n) is 6.31. The van der Waals surface area contributed by atoms with Crippen molar-refractivity contribution in [1.82, 2.24) is 10.6 Å². The highest BCUT2D eigenvalue weighted by Gasteiger charge is 2.13. The molecule has 3 nitrogen and oxygen atoms in total. The highest BCUT2D eigenvalue weighted by molar-refractivity contribution is 5.72. The van der Waals surface area contributed by atoms with Gasteiger partial charge in [-0.2, -0.15) is 0 Å². The summed E-state index contributed by atoms with van der Waals surface area (Å²) in [6, 6.07) is 0. The number of nitrogens with one attached hydrogen (secondary N) is 2. The highest BCUT2D eigenvalue weighted by Crippen LogP contribution is 2.04. The van der Waals surface area contributed by atoms with Crippen molar-refractivity contribution in [2.45, 2.75) is 13.3 Å². The quantitative estimate of drug-likeness (QED) is 0.557. The van der Waals surface area contributed by atoms with Gasteiger partial charge < -0.3 is 10.6 Å². The summed E-state index contributed by atoms with van der Waals surface area (Å²) in [5.74, 6) is 0.732. The van der Waals surface area contributed by atoms with Gasteiger partial charge >= 0.3 is 0 Å². The van der Waals surface area contributed by atoms with E-state index in [1.165, 1.54) is 6.42 Å². The molecule has 1 rings (SSSR count). The molecule has 0 aromatic heterocycles. The van der Waals surface area contributed by atoms with Crippen molar-refractivity contribution in [3.05, 3.63) is 0 Å².